The van der Waals surface area contributed by atoms with Crippen molar-refractivity contribution in [3.05, 3.63) is 0 Å². The Balaban J connectivity index is 2.23. The van der Waals surface area contributed by atoms with Crippen LogP contribution in [0.25, 0.3) is 0 Å². The summed E-state index contributed by atoms with van der Waals surface area (Å²) in [6, 6.07) is 0. The maximum atomic E-state index is 4.87. The van der Waals surface area contributed by atoms with E-state index < -0.39 is 0 Å². The van der Waals surface area contributed by atoms with Crippen LogP contribution in [0.4, 0.5) is 0 Å². The molecule has 0 aromatic heterocycles. The lowest BCUT2D eigenvalue weighted by atomic mass is 10.4. The molecule has 5 heteroatoms. The zero-order valence-corrected chi connectivity index (χ0v) is 6.40. The predicted molar refractivity (Wildman–Crippen MR) is 45.6 cm³/mol. The second-order valence-electron chi connectivity index (χ2n) is 2.32. The van der Waals surface area contributed by atoms with Crippen molar-refractivity contribution >= 4 is 12.7 Å². The van der Waals surface area contributed by atoms with Gasteiger partial charge in [-0.05, 0) is 0 Å². The second-order valence-corrected chi connectivity index (χ2v) is 2.32. The van der Waals surface area contributed by atoms with E-state index in [0.717, 1.165) is 26.2 Å². The Morgan fingerprint density at radius 2 is 2.09 bits per heavy atom. The second kappa shape index (κ2) is 4.68. The molecular formula is C6H13N5. The van der Waals surface area contributed by atoms with Gasteiger partial charge in [-0.3, -0.25) is 0 Å². The monoisotopic (exact) mass is 155 g/mol. The molecule has 0 bridgehead atoms. The highest BCUT2D eigenvalue weighted by Gasteiger charge is 2.03. The molecule has 1 aliphatic rings. The van der Waals surface area contributed by atoms with E-state index in [4.69, 9.17) is 5.84 Å². The fraction of sp³-hybridized carbons (Fsp3) is 0.667. The van der Waals surface area contributed by atoms with E-state index in [2.05, 4.69) is 20.3 Å². The molecule has 1 saturated heterocycles. The fourth-order valence-electron chi connectivity index (χ4n) is 0.960. The van der Waals surface area contributed by atoms with Crippen molar-refractivity contribution in [3.8, 4) is 0 Å². The molecule has 0 unspecified atom stereocenters. The number of piperazine rings is 1. The summed E-state index contributed by atoms with van der Waals surface area (Å²) in [6.07, 6.45) is 3.10. The molecule has 0 atom stereocenters. The van der Waals surface area contributed by atoms with E-state index in [-0.39, 0.29) is 0 Å². The summed E-state index contributed by atoms with van der Waals surface area (Å²) in [5.74, 6) is 4.87. The van der Waals surface area contributed by atoms with Crippen molar-refractivity contribution in [1.82, 2.24) is 10.2 Å². The summed E-state index contributed by atoms with van der Waals surface area (Å²) in [4.78, 5) is 5.99. The van der Waals surface area contributed by atoms with E-state index in [9.17, 15) is 0 Å². The quantitative estimate of drug-likeness (QED) is 0.228. The summed E-state index contributed by atoms with van der Waals surface area (Å²) >= 11 is 0. The summed E-state index contributed by atoms with van der Waals surface area (Å²) in [5.41, 5.74) is 0. The minimum atomic E-state index is 1.00. The van der Waals surface area contributed by atoms with Crippen molar-refractivity contribution in [2.75, 3.05) is 26.2 Å². The molecule has 1 heterocycles. The van der Waals surface area contributed by atoms with Gasteiger partial charge >= 0.3 is 0 Å². The largest absolute Gasteiger partial charge is 0.360 e. The van der Waals surface area contributed by atoms with Gasteiger partial charge in [0.1, 0.15) is 6.34 Å². The Labute approximate surface area is 66.0 Å². The van der Waals surface area contributed by atoms with Gasteiger partial charge in [-0.2, -0.15) is 5.10 Å². The summed E-state index contributed by atoms with van der Waals surface area (Å²) in [6.45, 7) is 4.04. The van der Waals surface area contributed by atoms with Gasteiger partial charge in [-0.25, -0.2) is 4.99 Å². The van der Waals surface area contributed by atoms with Gasteiger partial charge in [0.15, 0.2) is 0 Å². The third kappa shape index (κ3) is 2.99. The normalized spacial score (nSPS) is 20.2. The zero-order chi connectivity index (χ0) is 7.94. The molecule has 0 aromatic carbocycles. The van der Waals surface area contributed by atoms with Crippen molar-refractivity contribution in [2.24, 2.45) is 15.9 Å². The highest BCUT2D eigenvalue weighted by atomic mass is 15.2. The van der Waals surface area contributed by atoms with Crippen LogP contribution in [0.5, 0.6) is 0 Å². The third-order valence-corrected chi connectivity index (χ3v) is 1.51. The first-order chi connectivity index (χ1) is 5.43. The van der Waals surface area contributed by atoms with Gasteiger partial charge in [-0.1, -0.05) is 0 Å². The molecule has 1 aliphatic heterocycles. The number of nitrogens with two attached hydrogens (primary N) is 1. The van der Waals surface area contributed by atoms with Crippen molar-refractivity contribution in [1.29, 1.82) is 0 Å². The van der Waals surface area contributed by atoms with E-state index in [1.807, 2.05) is 0 Å². The molecule has 11 heavy (non-hydrogen) atoms. The molecule has 3 N–H and O–H groups in total. The molecule has 0 radical (unpaired) electrons. The average molecular weight is 155 g/mol. The Morgan fingerprint density at radius 1 is 1.36 bits per heavy atom. The minimum absolute atomic E-state index is 1.00. The van der Waals surface area contributed by atoms with Crippen LogP contribution in [0.3, 0.4) is 0 Å². The molecular weight excluding hydrogens is 142 g/mol. The van der Waals surface area contributed by atoms with Gasteiger partial charge in [0.2, 0.25) is 0 Å². The van der Waals surface area contributed by atoms with Gasteiger partial charge in [0.25, 0.3) is 0 Å². The number of nitrogens with one attached hydrogen (secondary N) is 1. The highest BCUT2D eigenvalue weighted by molar-refractivity contribution is 5.70. The van der Waals surface area contributed by atoms with E-state index in [0.29, 0.717) is 0 Å². The number of hydrogen-bond donors (Lipinski definition) is 2. The Hall–Kier alpha value is -1.10. The summed E-state index contributed by atoms with van der Waals surface area (Å²) in [7, 11) is 0. The molecule has 0 saturated carbocycles. The van der Waals surface area contributed by atoms with Gasteiger partial charge in [0, 0.05) is 26.2 Å². The average Bonchev–Trinajstić information content (AvgIpc) is 2.07. The van der Waals surface area contributed by atoms with Crippen LogP contribution in [0, 0.1) is 0 Å². The Kier molecular flexibility index (Phi) is 3.40. The molecule has 1 rings (SSSR count). The van der Waals surface area contributed by atoms with Gasteiger partial charge in [-0.15, -0.1) is 0 Å². The minimum Gasteiger partial charge on any atom is -0.360 e. The van der Waals surface area contributed by atoms with Gasteiger partial charge in [0.05, 0.1) is 6.34 Å². The maximum Gasteiger partial charge on any atom is 0.136 e. The van der Waals surface area contributed by atoms with Crippen LogP contribution in [0.1, 0.15) is 0 Å². The topological polar surface area (TPSA) is 66.0 Å². The number of hydrogen-bond acceptors (Lipinski definition) is 3. The number of nitrogens with zero attached hydrogens (tertiary/aromatic N) is 3. The van der Waals surface area contributed by atoms with Crippen molar-refractivity contribution in [3.63, 3.8) is 0 Å². The summed E-state index contributed by atoms with van der Waals surface area (Å²) in [5, 5.41) is 6.50. The van der Waals surface area contributed by atoms with Crippen molar-refractivity contribution < 1.29 is 0 Å². The summed E-state index contributed by atoms with van der Waals surface area (Å²) < 4.78 is 0. The van der Waals surface area contributed by atoms with Crippen LogP contribution >= 0.6 is 0 Å². The first-order valence-corrected chi connectivity index (χ1v) is 3.63. The fourth-order valence-corrected chi connectivity index (χ4v) is 0.960. The highest BCUT2D eigenvalue weighted by Crippen LogP contribution is 1.86. The molecule has 0 aliphatic carbocycles. The van der Waals surface area contributed by atoms with E-state index >= 15 is 0 Å². The molecule has 0 amide bonds. The maximum absolute atomic E-state index is 4.87. The Bertz CT molecular complexity index is 147. The molecule has 5 nitrogen and oxygen atoms in total. The number of hydrazone groups is 1. The zero-order valence-electron chi connectivity index (χ0n) is 6.40. The first kappa shape index (κ1) is 8.00. The van der Waals surface area contributed by atoms with Crippen molar-refractivity contribution in [2.45, 2.75) is 0 Å². The molecule has 0 spiro atoms. The lowest BCUT2D eigenvalue weighted by molar-refractivity contribution is 0.366. The smallest absolute Gasteiger partial charge is 0.136 e. The van der Waals surface area contributed by atoms with Gasteiger partial charge < -0.3 is 16.1 Å². The SMILES string of the molecule is NN=CN=CN1CCNCC1. The van der Waals surface area contributed by atoms with Crippen LogP contribution in [0.2, 0.25) is 0 Å². The van der Waals surface area contributed by atoms with Crippen LogP contribution < -0.4 is 11.2 Å². The molecule has 62 valence electrons. The van der Waals surface area contributed by atoms with Crippen LogP contribution in [0.15, 0.2) is 10.1 Å². The first-order valence-electron chi connectivity index (χ1n) is 3.63. The van der Waals surface area contributed by atoms with E-state index in [1.54, 1.807) is 6.34 Å². The number of rotatable bonds is 2. The lowest BCUT2D eigenvalue weighted by Gasteiger charge is -2.24. The van der Waals surface area contributed by atoms with Crippen LogP contribution in [-0.4, -0.2) is 43.8 Å². The molecule has 0 aromatic rings. The third-order valence-electron chi connectivity index (χ3n) is 1.51. The predicted octanol–water partition coefficient (Wildman–Crippen LogP) is -1.18. The lowest BCUT2D eigenvalue weighted by Crippen LogP contribution is -2.42. The molecule has 1 fully saturated rings. The van der Waals surface area contributed by atoms with E-state index in [1.165, 1.54) is 6.34 Å². The van der Waals surface area contributed by atoms with Crippen LogP contribution in [-0.2, 0) is 0 Å². The standard InChI is InChI=1S/C6H13N5/c7-10-5-9-6-11-3-1-8-2-4-11/h5-6,8H,1-4,7H2. The Morgan fingerprint density at radius 3 is 2.73 bits per heavy atom. The number of aliphatic imine (C=N–C) groups is 1.